The van der Waals surface area contributed by atoms with Gasteiger partial charge in [0.25, 0.3) is 0 Å². The Hall–Kier alpha value is -0.190. The molecule has 0 aliphatic rings. The van der Waals surface area contributed by atoms with Crippen LogP contribution in [0.2, 0.25) is 5.02 Å². The lowest BCUT2D eigenvalue weighted by Gasteiger charge is -2.13. The lowest BCUT2D eigenvalue weighted by molar-refractivity contribution is 0.191. The van der Waals surface area contributed by atoms with Crippen LogP contribution in [0.25, 0.3) is 0 Å². The van der Waals surface area contributed by atoms with Crippen molar-refractivity contribution in [1.82, 2.24) is 9.78 Å². The van der Waals surface area contributed by atoms with Gasteiger partial charge >= 0.3 is 0 Å². The van der Waals surface area contributed by atoms with Crippen molar-refractivity contribution in [3.05, 3.63) is 16.9 Å². The summed E-state index contributed by atoms with van der Waals surface area (Å²) in [5, 5.41) is 14.8. The summed E-state index contributed by atoms with van der Waals surface area (Å²) in [4.78, 5) is 0. The summed E-state index contributed by atoms with van der Waals surface area (Å²) in [6, 6.07) is 0. The average Bonchev–Trinajstić information content (AvgIpc) is 2.61. The monoisotopic (exact) mass is 262 g/mol. The Morgan fingerprint density at radius 3 is 2.88 bits per heavy atom. The second kappa shape index (κ2) is 7.20. The molecule has 0 saturated carbocycles. The molecule has 0 saturated heterocycles. The van der Waals surface area contributed by atoms with Gasteiger partial charge in [0.2, 0.25) is 0 Å². The number of hydrogen-bond acceptors (Lipinski definition) is 3. The maximum Gasteiger partial charge on any atom is 0.106 e. The minimum atomic E-state index is -0.516. The van der Waals surface area contributed by atoms with Gasteiger partial charge < -0.3 is 5.11 Å². The highest BCUT2D eigenvalue weighted by Crippen LogP contribution is 2.25. The molecule has 0 fully saturated rings. The Kier molecular flexibility index (Phi) is 6.24. The van der Waals surface area contributed by atoms with Gasteiger partial charge in [-0.25, -0.2) is 0 Å². The van der Waals surface area contributed by atoms with E-state index in [0.29, 0.717) is 10.8 Å². The van der Waals surface area contributed by atoms with Crippen LogP contribution in [0.5, 0.6) is 0 Å². The minimum Gasteiger partial charge on any atom is -0.386 e. The summed E-state index contributed by atoms with van der Waals surface area (Å²) in [5.74, 6) is 1.75. The number of hydrogen-bond donors (Lipinski definition) is 1. The SMILES string of the molecule is CCCSCC(O)c1c(Cl)cnn1CCC. The van der Waals surface area contributed by atoms with E-state index >= 15 is 0 Å². The number of aliphatic hydroxyl groups excluding tert-OH is 1. The Morgan fingerprint density at radius 1 is 1.50 bits per heavy atom. The maximum atomic E-state index is 10.1. The lowest BCUT2D eigenvalue weighted by atomic mass is 10.3. The van der Waals surface area contributed by atoms with Crippen molar-refractivity contribution >= 4 is 23.4 Å². The van der Waals surface area contributed by atoms with Gasteiger partial charge in [-0.05, 0) is 18.6 Å². The van der Waals surface area contributed by atoms with Crippen LogP contribution < -0.4 is 0 Å². The van der Waals surface area contributed by atoms with Crippen LogP contribution in [0.1, 0.15) is 38.5 Å². The third kappa shape index (κ3) is 3.68. The zero-order valence-corrected chi connectivity index (χ0v) is 11.4. The number of aryl methyl sites for hydroxylation is 1. The normalized spacial score (nSPS) is 13.0. The molecular formula is C11H19ClN2OS. The van der Waals surface area contributed by atoms with E-state index in [1.807, 2.05) is 0 Å². The van der Waals surface area contributed by atoms with E-state index in [9.17, 15) is 5.11 Å². The molecule has 5 heteroatoms. The second-order valence-corrected chi connectivity index (χ2v) is 5.25. The molecule has 0 amide bonds. The molecule has 1 rings (SSSR count). The molecule has 1 aromatic heterocycles. The Morgan fingerprint density at radius 2 is 2.25 bits per heavy atom. The van der Waals surface area contributed by atoms with Gasteiger partial charge in [0.1, 0.15) is 6.10 Å². The molecule has 0 aliphatic carbocycles. The fourth-order valence-electron chi connectivity index (χ4n) is 1.51. The van der Waals surface area contributed by atoms with Crippen molar-refractivity contribution in [3.63, 3.8) is 0 Å². The lowest BCUT2D eigenvalue weighted by Crippen LogP contribution is -2.11. The van der Waals surface area contributed by atoms with Crippen molar-refractivity contribution < 1.29 is 5.11 Å². The number of rotatable bonds is 7. The van der Waals surface area contributed by atoms with Gasteiger partial charge in [-0.1, -0.05) is 25.4 Å². The predicted molar refractivity (Wildman–Crippen MR) is 70.1 cm³/mol. The van der Waals surface area contributed by atoms with E-state index in [2.05, 4.69) is 18.9 Å². The summed E-state index contributed by atoms with van der Waals surface area (Å²) in [6.45, 7) is 5.02. The van der Waals surface area contributed by atoms with Gasteiger partial charge in [0, 0.05) is 12.3 Å². The molecule has 92 valence electrons. The van der Waals surface area contributed by atoms with Crippen LogP contribution in [0.3, 0.4) is 0 Å². The Balaban J connectivity index is 2.65. The first kappa shape index (κ1) is 13.9. The smallest absolute Gasteiger partial charge is 0.106 e. The van der Waals surface area contributed by atoms with Crippen LogP contribution >= 0.6 is 23.4 Å². The van der Waals surface area contributed by atoms with Crippen LogP contribution in [0.15, 0.2) is 6.20 Å². The first-order valence-corrected chi connectivity index (χ1v) is 7.21. The van der Waals surface area contributed by atoms with E-state index < -0.39 is 6.10 Å². The molecule has 0 aliphatic heterocycles. The van der Waals surface area contributed by atoms with Crippen molar-refractivity contribution in [2.75, 3.05) is 11.5 Å². The predicted octanol–water partition coefficient (Wildman–Crippen LogP) is 3.12. The highest BCUT2D eigenvalue weighted by molar-refractivity contribution is 7.99. The van der Waals surface area contributed by atoms with Crippen molar-refractivity contribution in [2.24, 2.45) is 0 Å². The summed E-state index contributed by atoms with van der Waals surface area (Å²) in [7, 11) is 0. The third-order valence-corrected chi connectivity index (χ3v) is 3.75. The number of nitrogens with zero attached hydrogens (tertiary/aromatic N) is 2. The number of halogens is 1. The number of thioether (sulfide) groups is 1. The molecule has 1 heterocycles. The molecule has 1 unspecified atom stereocenters. The van der Waals surface area contributed by atoms with E-state index in [4.69, 9.17) is 11.6 Å². The molecule has 1 atom stereocenters. The quantitative estimate of drug-likeness (QED) is 0.768. The van der Waals surface area contributed by atoms with Crippen molar-refractivity contribution in [3.8, 4) is 0 Å². The molecule has 1 N–H and O–H groups in total. The van der Waals surface area contributed by atoms with E-state index in [1.54, 1.807) is 22.6 Å². The zero-order chi connectivity index (χ0) is 12.0. The van der Waals surface area contributed by atoms with Gasteiger partial charge in [-0.2, -0.15) is 16.9 Å². The summed E-state index contributed by atoms with van der Waals surface area (Å²) in [5.41, 5.74) is 0.757. The van der Waals surface area contributed by atoms with Crippen LogP contribution in [-0.4, -0.2) is 26.4 Å². The summed E-state index contributed by atoms with van der Waals surface area (Å²) < 4.78 is 1.81. The maximum absolute atomic E-state index is 10.1. The van der Waals surface area contributed by atoms with E-state index in [-0.39, 0.29) is 0 Å². The van der Waals surface area contributed by atoms with Crippen LogP contribution in [-0.2, 0) is 6.54 Å². The first-order valence-electron chi connectivity index (χ1n) is 5.67. The van der Waals surface area contributed by atoms with Crippen molar-refractivity contribution in [2.45, 2.75) is 39.3 Å². The Bertz CT molecular complexity index is 317. The number of aromatic nitrogens is 2. The number of aliphatic hydroxyl groups is 1. The fraction of sp³-hybridized carbons (Fsp3) is 0.727. The fourth-order valence-corrected chi connectivity index (χ4v) is 2.62. The highest BCUT2D eigenvalue weighted by atomic mass is 35.5. The van der Waals surface area contributed by atoms with Crippen molar-refractivity contribution in [1.29, 1.82) is 0 Å². The molecule has 0 radical (unpaired) electrons. The summed E-state index contributed by atoms with van der Waals surface area (Å²) >= 11 is 7.78. The molecule has 0 bridgehead atoms. The van der Waals surface area contributed by atoms with Gasteiger partial charge in [-0.15, -0.1) is 0 Å². The molecular weight excluding hydrogens is 244 g/mol. The Labute approximate surface area is 106 Å². The minimum absolute atomic E-state index is 0.516. The highest BCUT2D eigenvalue weighted by Gasteiger charge is 2.17. The molecule has 0 aromatic carbocycles. The van der Waals surface area contributed by atoms with Gasteiger partial charge in [0.15, 0.2) is 0 Å². The van der Waals surface area contributed by atoms with E-state index in [0.717, 1.165) is 30.8 Å². The molecule has 3 nitrogen and oxygen atoms in total. The second-order valence-electron chi connectivity index (χ2n) is 3.69. The van der Waals surface area contributed by atoms with E-state index in [1.165, 1.54) is 0 Å². The summed E-state index contributed by atoms with van der Waals surface area (Å²) in [6.07, 6.45) is 3.21. The molecule has 16 heavy (non-hydrogen) atoms. The van der Waals surface area contributed by atoms with Crippen LogP contribution in [0, 0.1) is 0 Å². The van der Waals surface area contributed by atoms with Gasteiger partial charge in [0.05, 0.1) is 16.9 Å². The van der Waals surface area contributed by atoms with Gasteiger partial charge in [-0.3, -0.25) is 4.68 Å². The molecule has 0 spiro atoms. The average molecular weight is 263 g/mol. The standard InChI is InChI=1S/C11H19ClN2OS/c1-3-5-14-11(9(12)7-13-14)10(15)8-16-6-4-2/h7,10,15H,3-6,8H2,1-2H3. The topological polar surface area (TPSA) is 38.1 Å². The molecule has 1 aromatic rings. The largest absolute Gasteiger partial charge is 0.386 e. The first-order chi connectivity index (χ1) is 7.70. The zero-order valence-electron chi connectivity index (χ0n) is 9.82. The van der Waals surface area contributed by atoms with Crippen LogP contribution in [0.4, 0.5) is 0 Å². The third-order valence-electron chi connectivity index (χ3n) is 2.21.